The summed E-state index contributed by atoms with van der Waals surface area (Å²) in [5.74, 6) is -0.618. The molecule has 0 aliphatic rings. The van der Waals surface area contributed by atoms with Gasteiger partial charge in [-0.25, -0.2) is 4.39 Å². The fourth-order valence-electron chi connectivity index (χ4n) is 1.45. The smallest absolute Gasteiger partial charge is 0.253 e. The van der Waals surface area contributed by atoms with E-state index < -0.39 is 0 Å². The Morgan fingerprint density at radius 3 is 2.94 bits per heavy atom. The summed E-state index contributed by atoms with van der Waals surface area (Å²) in [7, 11) is 0. The van der Waals surface area contributed by atoms with Crippen molar-refractivity contribution in [3.63, 3.8) is 0 Å². The Hall–Kier alpha value is -1.75. The number of amides is 1. The van der Waals surface area contributed by atoms with E-state index in [1.165, 1.54) is 12.3 Å². The summed E-state index contributed by atoms with van der Waals surface area (Å²) in [6.07, 6.45) is 3.05. The molecule has 3 nitrogen and oxygen atoms in total. The van der Waals surface area contributed by atoms with Crippen LogP contribution in [0.25, 0.3) is 0 Å². The van der Waals surface area contributed by atoms with Gasteiger partial charge in [-0.05, 0) is 30.3 Å². The largest absolute Gasteiger partial charge is 0.348 e. The highest BCUT2D eigenvalue weighted by Crippen LogP contribution is 2.15. The first-order chi connectivity index (χ1) is 8.66. The topological polar surface area (TPSA) is 42.0 Å². The molecule has 92 valence electrons. The van der Waals surface area contributed by atoms with Gasteiger partial charge in [-0.2, -0.15) is 0 Å². The summed E-state index contributed by atoms with van der Waals surface area (Å²) in [4.78, 5) is 15.6. The molecule has 0 spiro atoms. The summed E-state index contributed by atoms with van der Waals surface area (Å²) in [6, 6.07) is 7.93. The molecule has 0 aliphatic heterocycles. The second-order valence-corrected chi connectivity index (χ2v) is 4.58. The van der Waals surface area contributed by atoms with Crippen LogP contribution in [-0.4, -0.2) is 10.9 Å². The first kappa shape index (κ1) is 12.7. The number of pyridine rings is 1. The highest BCUT2D eigenvalue weighted by Gasteiger charge is 2.07. The lowest BCUT2D eigenvalue weighted by Gasteiger charge is -2.06. The Kier molecular flexibility index (Phi) is 4.04. The highest BCUT2D eigenvalue weighted by atomic mass is 79.9. The van der Waals surface area contributed by atoms with Crippen LogP contribution in [0.2, 0.25) is 0 Å². The molecule has 2 aromatic rings. The minimum absolute atomic E-state index is 0.138. The first-order valence-electron chi connectivity index (χ1n) is 5.29. The molecule has 0 saturated heterocycles. The number of halogens is 2. The van der Waals surface area contributed by atoms with Gasteiger partial charge in [-0.15, -0.1) is 0 Å². The Bertz CT molecular complexity index is 560. The molecular weight excluding hydrogens is 299 g/mol. The summed E-state index contributed by atoms with van der Waals surface area (Å²) in [5, 5.41) is 2.64. The maximum absolute atomic E-state index is 13.4. The summed E-state index contributed by atoms with van der Waals surface area (Å²) in [5.41, 5.74) is 0.884. The van der Waals surface area contributed by atoms with Crippen LogP contribution in [0.3, 0.4) is 0 Å². The van der Waals surface area contributed by atoms with Gasteiger partial charge in [0.25, 0.3) is 5.91 Å². The van der Waals surface area contributed by atoms with E-state index in [2.05, 4.69) is 26.2 Å². The van der Waals surface area contributed by atoms with E-state index in [9.17, 15) is 9.18 Å². The summed E-state index contributed by atoms with van der Waals surface area (Å²) >= 11 is 3.26. The number of hydrogen-bond donors (Lipinski definition) is 1. The first-order valence-corrected chi connectivity index (χ1v) is 6.08. The Balaban J connectivity index is 2.04. The zero-order valence-corrected chi connectivity index (χ0v) is 10.9. The second kappa shape index (κ2) is 5.73. The molecule has 0 radical (unpaired) electrons. The van der Waals surface area contributed by atoms with Crippen molar-refractivity contribution in [2.45, 2.75) is 6.54 Å². The number of hydrogen-bond acceptors (Lipinski definition) is 2. The van der Waals surface area contributed by atoms with E-state index in [0.717, 1.165) is 4.47 Å². The minimum Gasteiger partial charge on any atom is -0.348 e. The van der Waals surface area contributed by atoms with Crippen LogP contribution in [0.1, 0.15) is 15.9 Å². The van der Waals surface area contributed by atoms with Crippen molar-refractivity contribution in [3.05, 3.63) is 64.1 Å². The number of nitrogens with one attached hydrogen (secondary N) is 1. The molecule has 1 aromatic heterocycles. The molecule has 2 rings (SSSR count). The monoisotopic (exact) mass is 308 g/mol. The van der Waals surface area contributed by atoms with Crippen LogP contribution >= 0.6 is 15.9 Å². The molecule has 0 atom stereocenters. The molecule has 5 heteroatoms. The average molecular weight is 309 g/mol. The van der Waals surface area contributed by atoms with Crippen molar-refractivity contribution in [1.29, 1.82) is 0 Å². The zero-order valence-electron chi connectivity index (χ0n) is 9.36. The number of rotatable bonds is 3. The standard InChI is InChI=1S/C13H10BrFN2O/c14-11-3-4-12(15)10(6-11)8-17-13(18)9-2-1-5-16-7-9/h1-7H,8H2,(H,17,18). The molecule has 1 aromatic carbocycles. The van der Waals surface area contributed by atoms with Crippen molar-refractivity contribution in [2.24, 2.45) is 0 Å². The lowest BCUT2D eigenvalue weighted by atomic mass is 10.2. The predicted octanol–water partition coefficient (Wildman–Crippen LogP) is 2.91. The van der Waals surface area contributed by atoms with Gasteiger partial charge in [-0.1, -0.05) is 15.9 Å². The van der Waals surface area contributed by atoms with Gasteiger partial charge in [-0.3, -0.25) is 9.78 Å². The molecule has 0 unspecified atom stereocenters. The lowest BCUT2D eigenvalue weighted by molar-refractivity contribution is 0.0950. The van der Waals surface area contributed by atoms with Crippen molar-refractivity contribution in [3.8, 4) is 0 Å². The van der Waals surface area contributed by atoms with Gasteiger partial charge in [0.2, 0.25) is 0 Å². The van der Waals surface area contributed by atoms with E-state index in [-0.39, 0.29) is 18.3 Å². The third kappa shape index (κ3) is 3.13. The lowest BCUT2D eigenvalue weighted by Crippen LogP contribution is -2.23. The van der Waals surface area contributed by atoms with Crippen molar-refractivity contribution in [1.82, 2.24) is 10.3 Å². The van der Waals surface area contributed by atoms with Crippen LogP contribution in [-0.2, 0) is 6.54 Å². The van der Waals surface area contributed by atoms with Crippen LogP contribution in [0, 0.1) is 5.82 Å². The Morgan fingerprint density at radius 2 is 2.22 bits per heavy atom. The normalized spacial score (nSPS) is 10.1. The van der Waals surface area contributed by atoms with Gasteiger partial charge >= 0.3 is 0 Å². The van der Waals surface area contributed by atoms with Gasteiger partial charge in [0.15, 0.2) is 0 Å². The van der Waals surface area contributed by atoms with Gasteiger partial charge < -0.3 is 5.32 Å². The van der Waals surface area contributed by atoms with Crippen molar-refractivity contribution < 1.29 is 9.18 Å². The number of carbonyl (C=O) groups excluding carboxylic acids is 1. The van der Waals surface area contributed by atoms with Crippen LogP contribution < -0.4 is 5.32 Å². The molecule has 1 heterocycles. The van der Waals surface area contributed by atoms with Gasteiger partial charge in [0.05, 0.1) is 5.56 Å². The molecule has 18 heavy (non-hydrogen) atoms. The minimum atomic E-state index is -0.343. The number of carbonyl (C=O) groups is 1. The van der Waals surface area contributed by atoms with Crippen molar-refractivity contribution in [2.75, 3.05) is 0 Å². The van der Waals surface area contributed by atoms with Crippen LogP contribution in [0.15, 0.2) is 47.2 Å². The van der Waals surface area contributed by atoms with Crippen LogP contribution in [0.4, 0.5) is 4.39 Å². The number of benzene rings is 1. The molecule has 0 aliphatic carbocycles. The van der Waals surface area contributed by atoms with E-state index in [1.54, 1.807) is 30.5 Å². The van der Waals surface area contributed by atoms with E-state index >= 15 is 0 Å². The predicted molar refractivity (Wildman–Crippen MR) is 69.5 cm³/mol. The fourth-order valence-corrected chi connectivity index (χ4v) is 1.86. The molecule has 1 N–H and O–H groups in total. The molecule has 0 bridgehead atoms. The van der Waals surface area contributed by atoms with Crippen LogP contribution in [0.5, 0.6) is 0 Å². The maximum atomic E-state index is 13.4. The van der Waals surface area contributed by atoms with E-state index in [4.69, 9.17) is 0 Å². The number of aromatic nitrogens is 1. The van der Waals surface area contributed by atoms with Gasteiger partial charge in [0.1, 0.15) is 5.82 Å². The SMILES string of the molecule is O=C(NCc1cc(Br)ccc1F)c1cccnc1. The molecular formula is C13H10BrFN2O. The average Bonchev–Trinajstić information content (AvgIpc) is 2.40. The zero-order chi connectivity index (χ0) is 13.0. The molecule has 0 saturated carbocycles. The Labute approximate surface area is 112 Å². The second-order valence-electron chi connectivity index (χ2n) is 3.66. The summed E-state index contributed by atoms with van der Waals surface area (Å²) < 4.78 is 14.2. The maximum Gasteiger partial charge on any atom is 0.253 e. The number of nitrogens with zero attached hydrogens (tertiary/aromatic N) is 1. The third-order valence-corrected chi connectivity index (χ3v) is 2.86. The Morgan fingerprint density at radius 1 is 1.39 bits per heavy atom. The summed E-state index contributed by atoms with van der Waals surface area (Å²) in [6.45, 7) is 0.138. The van der Waals surface area contributed by atoms with E-state index in [1.807, 2.05) is 0 Å². The van der Waals surface area contributed by atoms with E-state index in [0.29, 0.717) is 11.1 Å². The fraction of sp³-hybridized carbons (Fsp3) is 0.0769. The van der Waals surface area contributed by atoms with Gasteiger partial charge in [0, 0.05) is 29.0 Å². The molecule has 0 fully saturated rings. The highest BCUT2D eigenvalue weighted by molar-refractivity contribution is 9.10. The quantitative estimate of drug-likeness (QED) is 0.947. The molecule has 1 amide bonds. The van der Waals surface area contributed by atoms with Crippen molar-refractivity contribution >= 4 is 21.8 Å². The third-order valence-electron chi connectivity index (χ3n) is 2.37.